The second kappa shape index (κ2) is 3.40. The second-order valence-corrected chi connectivity index (χ2v) is 2.75. The van der Waals surface area contributed by atoms with Crippen LogP contribution in [-0.2, 0) is 0 Å². The Balaban J connectivity index is 2.24. The van der Waals surface area contributed by atoms with Crippen LogP contribution in [0.5, 0.6) is 0 Å². The van der Waals surface area contributed by atoms with Crippen molar-refractivity contribution in [3.05, 3.63) is 35.9 Å². The van der Waals surface area contributed by atoms with E-state index in [1.54, 1.807) is 0 Å². The third kappa shape index (κ3) is 1.75. The van der Waals surface area contributed by atoms with E-state index >= 15 is 0 Å². The highest BCUT2D eigenvalue weighted by Gasteiger charge is 2.07. The van der Waals surface area contributed by atoms with Gasteiger partial charge in [-0.15, -0.1) is 5.11 Å². The summed E-state index contributed by atoms with van der Waals surface area (Å²) < 4.78 is 0. The molecule has 2 aliphatic rings. The molecule has 67 valence electrons. The molecule has 2 heterocycles. The van der Waals surface area contributed by atoms with Crippen LogP contribution >= 0.6 is 0 Å². The van der Waals surface area contributed by atoms with Crippen LogP contribution in [0.3, 0.4) is 0 Å². The van der Waals surface area contributed by atoms with Crippen LogP contribution in [0, 0.1) is 0 Å². The maximum atomic E-state index is 4.03. The third-order valence-electron chi connectivity index (χ3n) is 1.73. The minimum absolute atomic E-state index is 0.462. The van der Waals surface area contributed by atoms with Crippen molar-refractivity contribution in [2.24, 2.45) is 10.2 Å². The molecule has 0 amide bonds. The molecule has 0 unspecified atom stereocenters. The van der Waals surface area contributed by atoms with Gasteiger partial charge in [0.15, 0.2) is 5.82 Å². The zero-order chi connectivity index (χ0) is 9.10. The molecule has 0 bridgehead atoms. The molecule has 0 aromatic rings. The van der Waals surface area contributed by atoms with Crippen molar-refractivity contribution in [1.82, 2.24) is 15.8 Å². The van der Waals surface area contributed by atoms with Crippen LogP contribution in [-0.4, -0.2) is 18.6 Å². The predicted octanol–water partition coefficient (Wildman–Crippen LogP) is 0.703. The Morgan fingerprint density at radius 2 is 2.15 bits per heavy atom. The lowest BCUT2D eigenvalue weighted by atomic mass is 10.2. The first-order valence-electron chi connectivity index (χ1n) is 4.00. The average molecular weight is 176 g/mol. The summed E-state index contributed by atoms with van der Waals surface area (Å²) in [6, 6.07) is 0. The lowest BCUT2D eigenvalue weighted by molar-refractivity contribution is 0.532. The number of azo groups is 1. The SMILES string of the molecule is CN1C=CC(=C2[N]NCN=N2)C=C1. The average Bonchev–Trinajstić information content (AvgIpc) is 2.20. The molecule has 0 atom stereocenters. The van der Waals surface area contributed by atoms with Crippen LogP contribution in [0.15, 0.2) is 46.2 Å². The van der Waals surface area contributed by atoms with Gasteiger partial charge in [0.2, 0.25) is 0 Å². The number of nitrogens with one attached hydrogen (secondary N) is 1. The fraction of sp³-hybridized carbons (Fsp3) is 0.250. The van der Waals surface area contributed by atoms with E-state index in [-0.39, 0.29) is 0 Å². The molecule has 0 aromatic carbocycles. The van der Waals surface area contributed by atoms with Gasteiger partial charge in [0.25, 0.3) is 0 Å². The van der Waals surface area contributed by atoms with E-state index in [9.17, 15) is 0 Å². The summed E-state index contributed by atoms with van der Waals surface area (Å²) in [6.45, 7) is 0.462. The minimum atomic E-state index is 0.462. The summed E-state index contributed by atoms with van der Waals surface area (Å²) in [5.74, 6) is 0.631. The van der Waals surface area contributed by atoms with E-state index in [0.29, 0.717) is 12.5 Å². The van der Waals surface area contributed by atoms with Crippen LogP contribution in [0.25, 0.3) is 0 Å². The van der Waals surface area contributed by atoms with E-state index in [1.165, 1.54) is 0 Å². The van der Waals surface area contributed by atoms with Crippen LogP contribution < -0.4 is 10.9 Å². The summed E-state index contributed by atoms with van der Waals surface area (Å²) in [5.41, 5.74) is 7.76. The fourth-order valence-electron chi connectivity index (χ4n) is 1.04. The van der Waals surface area contributed by atoms with Crippen LogP contribution in [0.4, 0.5) is 0 Å². The Morgan fingerprint density at radius 1 is 1.38 bits per heavy atom. The van der Waals surface area contributed by atoms with Gasteiger partial charge in [0, 0.05) is 25.0 Å². The number of hydrogen-bond donors (Lipinski definition) is 1. The lowest BCUT2D eigenvalue weighted by Crippen LogP contribution is -2.27. The number of nitrogens with zero attached hydrogens (tertiary/aromatic N) is 4. The molecule has 13 heavy (non-hydrogen) atoms. The fourth-order valence-corrected chi connectivity index (χ4v) is 1.04. The van der Waals surface area contributed by atoms with Crippen LogP contribution in [0.1, 0.15) is 0 Å². The Labute approximate surface area is 76.5 Å². The molecule has 2 rings (SSSR count). The van der Waals surface area contributed by atoms with Gasteiger partial charge in [-0.1, -0.05) is 0 Å². The molecular weight excluding hydrogens is 166 g/mol. The van der Waals surface area contributed by atoms with Crippen LogP contribution in [0.2, 0.25) is 0 Å². The molecule has 5 nitrogen and oxygen atoms in total. The van der Waals surface area contributed by atoms with E-state index in [0.717, 1.165) is 5.57 Å². The highest BCUT2D eigenvalue weighted by Crippen LogP contribution is 2.13. The molecule has 0 spiro atoms. The maximum absolute atomic E-state index is 4.03. The first-order valence-corrected chi connectivity index (χ1v) is 4.00. The van der Waals surface area contributed by atoms with E-state index in [4.69, 9.17) is 0 Å². The highest BCUT2D eigenvalue weighted by molar-refractivity contribution is 5.36. The summed E-state index contributed by atoms with van der Waals surface area (Å²) in [6.07, 6.45) is 7.79. The normalized spacial score (nSPS) is 20.8. The molecule has 0 saturated heterocycles. The standard InChI is InChI=1S/C8H10N5/c1-13-4-2-7(3-5-13)8-11-9-6-10-12-8/h2-5,9H,6H2,1H3. The van der Waals surface area contributed by atoms with Gasteiger partial charge < -0.3 is 4.90 Å². The molecule has 0 saturated carbocycles. The molecule has 0 aromatic heterocycles. The van der Waals surface area contributed by atoms with Gasteiger partial charge in [-0.05, 0) is 12.2 Å². The molecular formula is C8H10N5. The van der Waals surface area contributed by atoms with Crippen molar-refractivity contribution in [2.75, 3.05) is 13.7 Å². The third-order valence-corrected chi connectivity index (χ3v) is 1.73. The number of hydrogen-bond acceptors (Lipinski definition) is 4. The zero-order valence-electron chi connectivity index (χ0n) is 7.31. The lowest BCUT2D eigenvalue weighted by Gasteiger charge is -2.14. The molecule has 2 aliphatic heterocycles. The number of rotatable bonds is 0. The van der Waals surface area contributed by atoms with E-state index in [2.05, 4.69) is 21.1 Å². The minimum Gasteiger partial charge on any atom is -0.357 e. The smallest absolute Gasteiger partial charge is 0.195 e. The predicted molar refractivity (Wildman–Crippen MR) is 48.1 cm³/mol. The van der Waals surface area contributed by atoms with Crippen molar-refractivity contribution in [3.8, 4) is 0 Å². The van der Waals surface area contributed by atoms with Gasteiger partial charge in [-0.25, -0.2) is 0 Å². The quantitative estimate of drug-likeness (QED) is 0.590. The Morgan fingerprint density at radius 3 is 2.77 bits per heavy atom. The molecule has 1 N–H and O–H groups in total. The summed E-state index contributed by atoms with van der Waals surface area (Å²) in [7, 11) is 1.96. The molecule has 0 fully saturated rings. The molecule has 0 aliphatic carbocycles. The highest BCUT2D eigenvalue weighted by atomic mass is 15.5. The topological polar surface area (TPSA) is 54.1 Å². The summed E-state index contributed by atoms with van der Waals surface area (Å²) in [4.78, 5) is 1.96. The number of allylic oxidation sites excluding steroid dienone is 3. The first-order chi connectivity index (χ1) is 6.36. The van der Waals surface area contributed by atoms with Crippen molar-refractivity contribution >= 4 is 0 Å². The van der Waals surface area contributed by atoms with E-state index in [1.807, 2.05) is 36.5 Å². The Hall–Kier alpha value is -1.62. The van der Waals surface area contributed by atoms with Crippen molar-refractivity contribution in [2.45, 2.75) is 0 Å². The van der Waals surface area contributed by atoms with Gasteiger partial charge >= 0.3 is 0 Å². The zero-order valence-corrected chi connectivity index (χ0v) is 7.31. The molecule has 5 heteroatoms. The Bertz CT molecular complexity index is 296. The summed E-state index contributed by atoms with van der Waals surface area (Å²) in [5, 5.41) is 7.77. The monoisotopic (exact) mass is 176 g/mol. The first kappa shape index (κ1) is 8.00. The van der Waals surface area contributed by atoms with Crippen molar-refractivity contribution in [1.29, 1.82) is 0 Å². The van der Waals surface area contributed by atoms with Crippen molar-refractivity contribution in [3.63, 3.8) is 0 Å². The summed E-state index contributed by atoms with van der Waals surface area (Å²) >= 11 is 0. The second-order valence-electron chi connectivity index (χ2n) is 2.75. The Kier molecular flexibility index (Phi) is 2.09. The largest absolute Gasteiger partial charge is 0.357 e. The van der Waals surface area contributed by atoms with Gasteiger partial charge in [0.1, 0.15) is 6.67 Å². The maximum Gasteiger partial charge on any atom is 0.195 e. The van der Waals surface area contributed by atoms with Gasteiger partial charge in [0.05, 0.1) is 0 Å². The van der Waals surface area contributed by atoms with E-state index < -0.39 is 0 Å². The molecule has 1 radical (unpaired) electrons. The van der Waals surface area contributed by atoms with Gasteiger partial charge in [-0.2, -0.15) is 16.0 Å². The van der Waals surface area contributed by atoms with Gasteiger partial charge in [-0.3, -0.25) is 0 Å². The van der Waals surface area contributed by atoms with Crippen molar-refractivity contribution < 1.29 is 0 Å².